The highest BCUT2D eigenvalue weighted by atomic mass is 35.5. The maximum atomic E-state index is 12.0. The van der Waals surface area contributed by atoms with E-state index < -0.39 is 11.2 Å². The molecule has 3 atom stereocenters. The third kappa shape index (κ3) is 3.24. The van der Waals surface area contributed by atoms with Crippen LogP contribution < -0.4 is 17.0 Å². The Labute approximate surface area is 137 Å². The molecule has 2 heterocycles. The zero-order valence-corrected chi connectivity index (χ0v) is 13.4. The lowest BCUT2D eigenvalue weighted by atomic mass is 10.0. The van der Waals surface area contributed by atoms with Crippen molar-refractivity contribution in [2.45, 2.75) is 31.5 Å². The summed E-state index contributed by atoms with van der Waals surface area (Å²) in [5, 5.41) is 0.0400. The van der Waals surface area contributed by atoms with Gasteiger partial charge in [-0.2, -0.15) is 0 Å². The summed E-state index contributed by atoms with van der Waals surface area (Å²) in [6.07, 6.45) is 0.409. The minimum absolute atomic E-state index is 0.0208. The second kappa shape index (κ2) is 6.31. The van der Waals surface area contributed by atoms with Crippen molar-refractivity contribution in [2.75, 3.05) is 6.61 Å². The van der Waals surface area contributed by atoms with Crippen LogP contribution in [0, 0.1) is 0 Å². The number of aromatic nitrogens is 2. The summed E-state index contributed by atoms with van der Waals surface area (Å²) >= 11 is 5.68. The lowest BCUT2D eigenvalue weighted by Crippen LogP contribution is -2.37. The van der Waals surface area contributed by atoms with E-state index in [1.165, 1.54) is 10.6 Å². The number of halogens is 1. The van der Waals surface area contributed by atoms with E-state index in [1.54, 1.807) is 0 Å². The van der Waals surface area contributed by atoms with Crippen molar-refractivity contribution in [2.24, 2.45) is 5.73 Å². The molecule has 0 radical (unpaired) electrons. The van der Waals surface area contributed by atoms with E-state index in [4.69, 9.17) is 22.1 Å². The Morgan fingerprint density at radius 1 is 1.35 bits per heavy atom. The van der Waals surface area contributed by atoms with E-state index >= 15 is 0 Å². The molecule has 3 N–H and O–H groups in total. The minimum Gasteiger partial charge on any atom is -0.371 e. The maximum absolute atomic E-state index is 12.0. The maximum Gasteiger partial charge on any atom is 0.329 e. The predicted molar refractivity (Wildman–Crippen MR) is 87.7 cm³/mol. The van der Waals surface area contributed by atoms with E-state index in [2.05, 4.69) is 4.98 Å². The van der Waals surface area contributed by atoms with E-state index in [1.807, 2.05) is 31.2 Å². The number of hydrogen-bond acceptors (Lipinski definition) is 4. The third-order valence-corrected chi connectivity index (χ3v) is 4.31. The van der Waals surface area contributed by atoms with Crippen molar-refractivity contribution in [3.8, 4) is 0 Å². The van der Waals surface area contributed by atoms with Crippen LogP contribution in [0.3, 0.4) is 0 Å². The van der Waals surface area contributed by atoms with Gasteiger partial charge in [-0.15, -0.1) is 0 Å². The summed E-state index contributed by atoms with van der Waals surface area (Å²) in [6.45, 7) is 2.24. The molecular weight excluding hydrogens is 318 g/mol. The minimum atomic E-state index is -0.510. The van der Waals surface area contributed by atoms with E-state index in [9.17, 15) is 9.59 Å². The van der Waals surface area contributed by atoms with Gasteiger partial charge in [0.05, 0.1) is 18.8 Å². The van der Waals surface area contributed by atoms with Crippen molar-refractivity contribution in [1.82, 2.24) is 9.55 Å². The number of rotatable bonds is 3. The molecule has 1 aliphatic rings. The van der Waals surface area contributed by atoms with Crippen molar-refractivity contribution >= 4 is 11.6 Å². The molecule has 1 aromatic heterocycles. The molecule has 1 aliphatic heterocycles. The molecule has 0 spiro atoms. The fourth-order valence-electron chi connectivity index (χ4n) is 2.86. The average molecular weight is 336 g/mol. The highest BCUT2D eigenvalue weighted by molar-refractivity contribution is 6.29. The van der Waals surface area contributed by atoms with Crippen molar-refractivity contribution in [3.63, 3.8) is 0 Å². The largest absolute Gasteiger partial charge is 0.371 e. The molecule has 0 saturated carbocycles. The molecule has 2 unspecified atom stereocenters. The molecule has 23 heavy (non-hydrogen) atoms. The molecule has 1 fully saturated rings. The molecule has 6 nitrogen and oxygen atoms in total. The summed E-state index contributed by atoms with van der Waals surface area (Å²) in [6, 6.07) is 8.76. The van der Waals surface area contributed by atoms with Gasteiger partial charge < -0.3 is 10.5 Å². The summed E-state index contributed by atoms with van der Waals surface area (Å²) in [4.78, 5) is 26.4. The Balaban J connectivity index is 1.81. The van der Waals surface area contributed by atoms with Crippen LogP contribution in [0.15, 0.2) is 39.9 Å². The zero-order valence-electron chi connectivity index (χ0n) is 12.7. The van der Waals surface area contributed by atoms with Crippen LogP contribution in [-0.4, -0.2) is 16.2 Å². The molecule has 0 amide bonds. The summed E-state index contributed by atoms with van der Waals surface area (Å²) in [5.74, 6) is 0. The number of nitrogens with two attached hydrogens (primary N) is 1. The number of hydrogen-bond donors (Lipinski definition) is 2. The first-order valence-electron chi connectivity index (χ1n) is 7.44. The van der Waals surface area contributed by atoms with Crippen LogP contribution in [-0.2, 0) is 4.74 Å². The zero-order chi connectivity index (χ0) is 16.6. The number of ether oxygens (including phenoxy) is 1. The molecule has 2 aromatic rings. The number of nitrogens with one attached hydrogen (secondary N) is 1. The fraction of sp³-hybridized carbons (Fsp3) is 0.375. The summed E-state index contributed by atoms with van der Waals surface area (Å²) in [7, 11) is 0. The first-order valence-corrected chi connectivity index (χ1v) is 7.82. The van der Waals surface area contributed by atoms with Gasteiger partial charge in [-0.25, -0.2) is 4.79 Å². The van der Waals surface area contributed by atoms with Gasteiger partial charge in [-0.3, -0.25) is 14.3 Å². The normalized spacial score (nSPS) is 22.2. The van der Waals surface area contributed by atoms with Gasteiger partial charge in [0.15, 0.2) is 0 Å². The fourth-order valence-corrected chi connectivity index (χ4v) is 3.03. The second-order valence-electron chi connectivity index (χ2n) is 5.80. The first-order chi connectivity index (χ1) is 11.0. The smallest absolute Gasteiger partial charge is 0.329 e. The Morgan fingerprint density at radius 3 is 2.65 bits per heavy atom. The van der Waals surface area contributed by atoms with Gasteiger partial charge in [0.25, 0.3) is 5.56 Å². The second-order valence-corrected chi connectivity index (χ2v) is 6.20. The number of aromatic amines is 1. The highest BCUT2D eigenvalue weighted by Gasteiger charge is 2.29. The van der Waals surface area contributed by atoms with Gasteiger partial charge in [-0.1, -0.05) is 35.9 Å². The van der Waals surface area contributed by atoms with Crippen molar-refractivity contribution in [1.29, 1.82) is 0 Å². The molecular formula is C16H18ClN3O3. The van der Waals surface area contributed by atoms with Crippen molar-refractivity contribution in [3.05, 3.63) is 67.4 Å². The molecule has 7 heteroatoms. The number of H-pyrrole nitrogens is 1. The van der Waals surface area contributed by atoms with E-state index in [-0.39, 0.29) is 23.3 Å². The van der Waals surface area contributed by atoms with Gasteiger partial charge in [0, 0.05) is 18.5 Å². The van der Waals surface area contributed by atoms with E-state index in [0.717, 1.165) is 11.1 Å². The van der Waals surface area contributed by atoms with Crippen LogP contribution in [0.5, 0.6) is 0 Å². The summed E-state index contributed by atoms with van der Waals surface area (Å²) in [5.41, 5.74) is 6.98. The lowest BCUT2D eigenvalue weighted by Gasteiger charge is -2.13. The van der Waals surface area contributed by atoms with Crippen LogP contribution in [0.2, 0.25) is 5.15 Å². The molecule has 0 aliphatic carbocycles. The van der Waals surface area contributed by atoms with Gasteiger partial charge in [0.2, 0.25) is 0 Å². The Morgan fingerprint density at radius 2 is 2.04 bits per heavy atom. The standard InChI is InChI=1S/C16H18ClN3O3/c1-9(18)10-2-4-11(5-3-10)13-6-12(8-23-13)20-15(21)7-14(17)19-16(20)22/h2-5,7,9,12-13H,6,8,18H2,1H3,(H,19,22)/t9-,12?,13?/m0/s1. The molecule has 0 bridgehead atoms. The molecule has 122 valence electrons. The Hall–Kier alpha value is -1.89. The van der Waals surface area contributed by atoms with Crippen LogP contribution in [0.1, 0.15) is 42.7 Å². The van der Waals surface area contributed by atoms with Gasteiger partial charge >= 0.3 is 5.69 Å². The number of nitrogens with zero attached hydrogens (tertiary/aromatic N) is 1. The van der Waals surface area contributed by atoms with Crippen LogP contribution >= 0.6 is 11.6 Å². The highest BCUT2D eigenvalue weighted by Crippen LogP contribution is 2.34. The quantitative estimate of drug-likeness (QED) is 0.838. The van der Waals surface area contributed by atoms with Gasteiger partial charge in [-0.05, 0) is 18.1 Å². The van der Waals surface area contributed by atoms with Gasteiger partial charge in [0.1, 0.15) is 5.15 Å². The Kier molecular flexibility index (Phi) is 4.39. The van der Waals surface area contributed by atoms with E-state index in [0.29, 0.717) is 13.0 Å². The summed E-state index contributed by atoms with van der Waals surface area (Å²) < 4.78 is 6.94. The third-order valence-electron chi connectivity index (χ3n) is 4.11. The topological polar surface area (TPSA) is 90.1 Å². The van der Waals surface area contributed by atoms with Crippen LogP contribution in [0.4, 0.5) is 0 Å². The number of benzene rings is 1. The van der Waals surface area contributed by atoms with Crippen molar-refractivity contribution < 1.29 is 4.74 Å². The SMILES string of the molecule is C[C@H](N)c1ccc(C2CC(n3c(=O)cc(Cl)[nH]c3=O)CO2)cc1. The molecule has 1 saturated heterocycles. The Bertz CT molecular complexity index is 779. The van der Waals surface area contributed by atoms with Crippen LogP contribution in [0.25, 0.3) is 0 Å². The average Bonchev–Trinajstić information content (AvgIpc) is 2.95. The monoisotopic (exact) mass is 335 g/mol. The molecule has 3 rings (SSSR count). The first kappa shape index (κ1) is 16.0. The predicted octanol–water partition coefficient (Wildman–Crippen LogP) is 1.91. The lowest BCUT2D eigenvalue weighted by molar-refractivity contribution is 0.107. The molecule has 1 aromatic carbocycles.